The summed E-state index contributed by atoms with van der Waals surface area (Å²) in [6.07, 6.45) is -0.548. The van der Waals surface area contributed by atoms with E-state index < -0.39 is 52.7 Å². The van der Waals surface area contributed by atoms with Gasteiger partial charge in [0.05, 0.1) is 13.5 Å². The Labute approximate surface area is 190 Å². The average Bonchev–Trinajstić information content (AvgIpc) is 2.81. The van der Waals surface area contributed by atoms with Crippen LogP contribution in [-0.2, 0) is 9.53 Å². The minimum absolute atomic E-state index is 0.0811. The second-order valence-electron chi connectivity index (χ2n) is 7.50. The maximum Gasteiger partial charge on any atom is 0.306 e. The van der Waals surface area contributed by atoms with Gasteiger partial charge in [-0.25, -0.2) is 13.2 Å². The zero-order valence-corrected chi connectivity index (χ0v) is 17.6. The Bertz CT molecular complexity index is 1440. The highest BCUT2D eigenvalue weighted by molar-refractivity contribution is 5.90. The van der Waals surface area contributed by atoms with Crippen molar-refractivity contribution >= 4 is 16.9 Å². The molecule has 6 nitrogen and oxygen atoms in total. The lowest BCUT2D eigenvalue weighted by molar-refractivity contribution is -0.140. The number of rotatable bonds is 5. The van der Waals surface area contributed by atoms with Crippen LogP contribution in [0.4, 0.5) is 13.2 Å². The van der Waals surface area contributed by atoms with Crippen LogP contribution in [0, 0.1) is 17.5 Å². The van der Waals surface area contributed by atoms with Crippen LogP contribution in [0.2, 0.25) is 0 Å². The van der Waals surface area contributed by atoms with Crippen LogP contribution in [0.1, 0.15) is 23.5 Å². The van der Waals surface area contributed by atoms with E-state index in [4.69, 9.17) is 4.42 Å². The smallest absolute Gasteiger partial charge is 0.306 e. The molecule has 0 radical (unpaired) electrons. The number of hydrogen-bond donors (Lipinski definition) is 2. The number of phenols is 2. The lowest BCUT2D eigenvalue weighted by Crippen LogP contribution is -2.13. The maximum absolute atomic E-state index is 14.1. The summed E-state index contributed by atoms with van der Waals surface area (Å²) in [4.78, 5) is 25.1. The maximum atomic E-state index is 14.1. The largest absolute Gasteiger partial charge is 0.507 e. The van der Waals surface area contributed by atoms with Crippen molar-refractivity contribution in [1.29, 1.82) is 0 Å². The summed E-state index contributed by atoms with van der Waals surface area (Å²) in [6.45, 7) is 0. The number of halogens is 3. The number of benzene rings is 3. The molecule has 1 aromatic heterocycles. The topological polar surface area (TPSA) is 97.0 Å². The molecule has 2 N–H and O–H groups in total. The molecular formula is C25H17F3O6. The van der Waals surface area contributed by atoms with Crippen LogP contribution in [-0.4, -0.2) is 23.3 Å². The number of esters is 1. The van der Waals surface area contributed by atoms with E-state index in [0.717, 1.165) is 19.2 Å². The Morgan fingerprint density at radius 1 is 1.00 bits per heavy atom. The Hall–Kier alpha value is -4.27. The van der Waals surface area contributed by atoms with Gasteiger partial charge in [-0.05, 0) is 17.7 Å². The van der Waals surface area contributed by atoms with Gasteiger partial charge in [-0.1, -0.05) is 30.3 Å². The molecule has 4 rings (SSSR count). The van der Waals surface area contributed by atoms with Gasteiger partial charge < -0.3 is 19.4 Å². The van der Waals surface area contributed by atoms with E-state index in [9.17, 15) is 33.0 Å². The highest BCUT2D eigenvalue weighted by atomic mass is 19.2. The average molecular weight is 470 g/mol. The van der Waals surface area contributed by atoms with Gasteiger partial charge in [0.1, 0.15) is 28.2 Å². The molecule has 0 aliphatic rings. The predicted molar refractivity (Wildman–Crippen MR) is 116 cm³/mol. The van der Waals surface area contributed by atoms with Gasteiger partial charge in [-0.15, -0.1) is 0 Å². The van der Waals surface area contributed by atoms with Crippen molar-refractivity contribution in [3.8, 4) is 22.8 Å². The van der Waals surface area contributed by atoms with Crippen LogP contribution < -0.4 is 5.43 Å². The van der Waals surface area contributed by atoms with Gasteiger partial charge in [-0.2, -0.15) is 0 Å². The number of carbonyl (C=O) groups excluding carboxylic acids is 1. The Morgan fingerprint density at radius 3 is 2.26 bits per heavy atom. The van der Waals surface area contributed by atoms with Gasteiger partial charge in [0.2, 0.25) is 0 Å². The summed E-state index contributed by atoms with van der Waals surface area (Å²) in [7, 11) is 1.09. The summed E-state index contributed by atoms with van der Waals surface area (Å²) < 4.78 is 52.3. The molecule has 0 amide bonds. The van der Waals surface area contributed by atoms with Gasteiger partial charge in [0.15, 0.2) is 22.9 Å². The first-order valence-corrected chi connectivity index (χ1v) is 10.0. The number of hydrogen-bond acceptors (Lipinski definition) is 6. The monoisotopic (exact) mass is 470 g/mol. The second-order valence-corrected chi connectivity index (χ2v) is 7.50. The van der Waals surface area contributed by atoms with Crippen molar-refractivity contribution in [2.75, 3.05) is 7.11 Å². The molecule has 9 heteroatoms. The summed E-state index contributed by atoms with van der Waals surface area (Å²) in [5.74, 6) is -8.02. The van der Waals surface area contributed by atoms with Crippen LogP contribution >= 0.6 is 0 Å². The first kappa shape index (κ1) is 22.9. The minimum Gasteiger partial charge on any atom is -0.507 e. The van der Waals surface area contributed by atoms with Gasteiger partial charge >= 0.3 is 5.97 Å². The van der Waals surface area contributed by atoms with Crippen molar-refractivity contribution in [3.63, 3.8) is 0 Å². The molecule has 1 heterocycles. The minimum atomic E-state index is -1.71. The van der Waals surface area contributed by atoms with Crippen molar-refractivity contribution in [2.24, 2.45) is 0 Å². The lowest BCUT2D eigenvalue weighted by Gasteiger charge is -2.20. The summed E-state index contributed by atoms with van der Waals surface area (Å²) in [6, 6.07) is 11.8. The lowest BCUT2D eigenvalue weighted by atomic mass is 9.86. The fraction of sp³-hybridized carbons (Fsp3) is 0.120. The molecule has 0 fully saturated rings. The molecule has 0 saturated heterocycles. The summed E-state index contributed by atoms with van der Waals surface area (Å²) >= 11 is 0. The van der Waals surface area contributed by atoms with Crippen molar-refractivity contribution in [2.45, 2.75) is 12.3 Å². The van der Waals surface area contributed by atoms with Crippen molar-refractivity contribution < 1.29 is 37.3 Å². The molecule has 1 atom stereocenters. The van der Waals surface area contributed by atoms with E-state index in [1.807, 2.05) is 0 Å². The van der Waals surface area contributed by atoms with Gasteiger partial charge in [0.25, 0.3) is 0 Å². The zero-order chi connectivity index (χ0) is 24.6. The SMILES string of the molecule is COC(=O)CC(c1cc(F)c(F)c(F)c1)c1c(O)cc(O)c2c(=O)cc(-c3ccccc3)oc12. The molecule has 174 valence electrons. The Balaban J connectivity index is 2.07. The van der Waals surface area contributed by atoms with E-state index in [0.29, 0.717) is 17.7 Å². The first-order valence-electron chi connectivity index (χ1n) is 10.0. The number of fused-ring (bicyclic) bond motifs is 1. The molecule has 3 aromatic carbocycles. The molecule has 0 bridgehead atoms. The van der Waals surface area contributed by atoms with Crippen molar-refractivity contribution in [3.05, 3.63) is 93.4 Å². The van der Waals surface area contributed by atoms with E-state index >= 15 is 0 Å². The molecule has 0 aliphatic heterocycles. The molecule has 0 saturated carbocycles. The predicted octanol–water partition coefficient (Wildman–Crippen LogP) is 4.98. The van der Waals surface area contributed by atoms with E-state index in [2.05, 4.69) is 4.74 Å². The number of methoxy groups -OCH3 is 1. The number of carbonyl (C=O) groups is 1. The summed E-state index contributed by atoms with van der Waals surface area (Å²) in [5, 5.41) is 20.7. The molecular weight excluding hydrogens is 453 g/mol. The highest BCUT2D eigenvalue weighted by Crippen LogP contribution is 2.43. The Morgan fingerprint density at radius 2 is 1.65 bits per heavy atom. The normalized spacial score (nSPS) is 12.0. The highest BCUT2D eigenvalue weighted by Gasteiger charge is 2.29. The van der Waals surface area contributed by atoms with Gasteiger partial charge in [0, 0.05) is 29.2 Å². The molecule has 1 unspecified atom stereocenters. The van der Waals surface area contributed by atoms with Crippen LogP contribution in [0.25, 0.3) is 22.3 Å². The van der Waals surface area contributed by atoms with Crippen molar-refractivity contribution in [1.82, 2.24) is 0 Å². The molecule has 0 aliphatic carbocycles. The fourth-order valence-electron chi connectivity index (χ4n) is 3.82. The molecule has 34 heavy (non-hydrogen) atoms. The zero-order valence-electron chi connectivity index (χ0n) is 17.6. The third kappa shape index (κ3) is 4.07. The number of aromatic hydroxyl groups is 2. The Kier molecular flexibility index (Phi) is 6.02. The van der Waals surface area contributed by atoms with Gasteiger partial charge in [-0.3, -0.25) is 9.59 Å². The van der Waals surface area contributed by atoms with E-state index in [1.165, 1.54) is 0 Å². The summed E-state index contributed by atoms with van der Waals surface area (Å²) in [5.41, 5.74) is -0.899. The quantitative estimate of drug-likeness (QED) is 0.315. The second kappa shape index (κ2) is 8.93. The third-order valence-electron chi connectivity index (χ3n) is 5.41. The van der Waals surface area contributed by atoms with Crippen LogP contribution in [0.5, 0.6) is 11.5 Å². The number of ether oxygens (including phenoxy) is 1. The third-order valence-corrected chi connectivity index (χ3v) is 5.41. The molecule has 0 spiro atoms. The molecule has 4 aromatic rings. The van der Waals surface area contributed by atoms with E-state index in [-0.39, 0.29) is 27.9 Å². The standard InChI is InChI=1S/C25H17F3O6/c1-33-21(32)9-14(13-7-15(26)24(28)16(27)8-13)22-17(29)10-18(30)23-19(31)11-20(34-25(22)23)12-5-3-2-4-6-12/h2-8,10-11,14,29-30H,9H2,1H3. The van der Waals surface area contributed by atoms with Crippen LogP contribution in [0.3, 0.4) is 0 Å². The number of phenolic OH excluding ortho intramolecular Hbond substituents is 2. The van der Waals surface area contributed by atoms with Crippen LogP contribution in [0.15, 0.2) is 63.8 Å². The fourth-order valence-corrected chi connectivity index (χ4v) is 3.82. The first-order chi connectivity index (χ1) is 16.2. The van der Waals surface area contributed by atoms with E-state index in [1.54, 1.807) is 30.3 Å².